The number of nitrogens with one attached hydrogen (secondary N) is 1. The molecule has 2 fully saturated rings. The van der Waals surface area contributed by atoms with Crippen molar-refractivity contribution < 1.29 is 4.74 Å². The van der Waals surface area contributed by atoms with Crippen LogP contribution in [0.5, 0.6) is 0 Å². The molecule has 1 aromatic rings. The molecule has 0 saturated carbocycles. The highest BCUT2D eigenvalue weighted by atomic mass is 16.5. The minimum atomic E-state index is -0.289. The van der Waals surface area contributed by atoms with Crippen LogP contribution in [0.25, 0.3) is 0 Å². The number of nitrogens with two attached hydrogens (primary N) is 1. The van der Waals surface area contributed by atoms with Gasteiger partial charge in [0.15, 0.2) is 5.82 Å². The third kappa shape index (κ3) is 2.10. The zero-order valence-corrected chi connectivity index (χ0v) is 10.9. The Kier molecular flexibility index (Phi) is 2.99. The van der Waals surface area contributed by atoms with Crippen LogP contribution in [0.4, 0.5) is 5.95 Å². The fourth-order valence-electron chi connectivity index (χ4n) is 2.79. The predicted octanol–water partition coefficient (Wildman–Crippen LogP) is 0.758. The van der Waals surface area contributed by atoms with Gasteiger partial charge in [-0.3, -0.25) is 5.10 Å². The molecule has 6 heteroatoms. The zero-order chi connectivity index (χ0) is 12.6. The third-order valence-corrected chi connectivity index (χ3v) is 3.93. The number of anilines is 1. The number of aromatic nitrogens is 3. The maximum atomic E-state index is 5.99. The van der Waals surface area contributed by atoms with Crippen LogP contribution in [0, 0.1) is 0 Å². The van der Waals surface area contributed by atoms with Gasteiger partial charge in [-0.15, -0.1) is 5.10 Å². The number of nitrogens with zero attached hydrogens (tertiary/aromatic N) is 3. The molecule has 2 aliphatic rings. The Hall–Kier alpha value is -1.14. The molecule has 3 N–H and O–H groups in total. The maximum Gasteiger partial charge on any atom is 0.244 e. The van der Waals surface area contributed by atoms with Crippen molar-refractivity contribution in [2.75, 3.05) is 24.6 Å². The van der Waals surface area contributed by atoms with Crippen molar-refractivity contribution in [1.82, 2.24) is 15.2 Å². The zero-order valence-electron chi connectivity index (χ0n) is 10.9. The molecule has 3 heterocycles. The molecule has 100 valence electrons. The highest BCUT2D eigenvalue weighted by Crippen LogP contribution is 2.34. The molecule has 0 radical (unpaired) electrons. The molecule has 0 aliphatic carbocycles. The van der Waals surface area contributed by atoms with Gasteiger partial charge in [-0.2, -0.15) is 4.98 Å². The van der Waals surface area contributed by atoms with Gasteiger partial charge in [-0.25, -0.2) is 0 Å². The topological polar surface area (TPSA) is 80.1 Å². The summed E-state index contributed by atoms with van der Waals surface area (Å²) in [4.78, 5) is 6.76. The van der Waals surface area contributed by atoms with Crippen LogP contribution in [-0.4, -0.2) is 40.9 Å². The lowest BCUT2D eigenvalue weighted by atomic mass is 10.0. The van der Waals surface area contributed by atoms with E-state index in [-0.39, 0.29) is 11.6 Å². The second-order valence-corrected chi connectivity index (χ2v) is 5.52. The van der Waals surface area contributed by atoms with E-state index in [1.54, 1.807) is 0 Å². The molecule has 0 bridgehead atoms. The summed E-state index contributed by atoms with van der Waals surface area (Å²) in [5.41, 5.74) is 5.70. The number of rotatable bonds is 2. The summed E-state index contributed by atoms with van der Waals surface area (Å²) in [6.45, 7) is 4.71. The van der Waals surface area contributed by atoms with Crippen molar-refractivity contribution in [2.45, 2.75) is 44.2 Å². The van der Waals surface area contributed by atoms with Crippen molar-refractivity contribution >= 4 is 5.95 Å². The molecule has 2 saturated heterocycles. The standard InChI is InChI=1S/C12H21N5O/c1-12(5-3-7-18-12)10-14-11(16-15-10)17-6-2-4-9(13)8-17/h9H,2-8,13H2,1H3,(H,14,15,16). The number of hydrogen-bond acceptors (Lipinski definition) is 5. The van der Waals surface area contributed by atoms with Crippen LogP contribution < -0.4 is 10.6 Å². The lowest BCUT2D eigenvalue weighted by Gasteiger charge is -2.29. The van der Waals surface area contributed by atoms with Gasteiger partial charge in [0, 0.05) is 25.7 Å². The minimum absolute atomic E-state index is 0.235. The normalized spacial score (nSPS) is 33.0. The Morgan fingerprint density at radius 1 is 1.50 bits per heavy atom. The maximum absolute atomic E-state index is 5.99. The third-order valence-electron chi connectivity index (χ3n) is 3.93. The van der Waals surface area contributed by atoms with Crippen LogP contribution in [0.3, 0.4) is 0 Å². The lowest BCUT2D eigenvalue weighted by molar-refractivity contribution is 0.00966. The average molecular weight is 251 g/mol. The molecule has 3 rings (SSSR count). The molecule has 6 nitrogen and oxygen atoms in total. The van der Waals surface area contributed by atoms with Gasteiger partial charge in [-0.1, -0.05) is 0 Å². The van der Waals surface area contributed by atoms with Crippen molar-refractivity contribution in [2.24, 2.45) is 5.73 Å². The van der Waals surface area contributed by atoms with Gasteiger partial charge >= 0.3 is 0 Å². The van der Waals surface area contributed by atoms with E-state index in [2.05, 4.69) is 27.0 Å². The Morgan fingerprint density at radius 2 is 2.39 bits per heavy atom. The number of aromatic amines is 1. The number of hydrogen-bond donors (Lipinski definition) is 2. The fraction of sp³-hybridized carbons (Fsp3) is 0.833. The van der Waals surface area contributed by atoms with Crippen LogP contribution in [-0.2, 0) is 10.3 Å². The van der Waals surface area contributed by atoms with Gasteiger partial charge in [0.1, 0.15) is 5.60 Å². The van der Waals surface area contributed by atoms with Gasteiger partial charge < -0.3 is 15.4 Å². The molecule has 18 heavy (non-hydrogen) atoms. The van der Waals surface area contributed by atoms with Crippen LogP contribution in [0.1, 0.15) is 38.4 Å². The first-order valence-electron chi connectivity index (χ1n) is 6.75. The van der Waals surface area contributed by atoms with Crippen LogP contribution in [0.2, 0.25) is 0 Å². The first-order chi connectivity index (χ1) is 8.67. The highest BCUT2D eigenvalue weighted by Gasteiger charge is 2.35. The Balaban J connectivity index is 1.76. The number of H-pyrrole nitrogens is 1. The summed E-state index contributed by atoms with van der Waals surface area (Å²) in [5, 5.41) is 7.35. The molecule has 0 aromatic carbocycles. The van der Waals surface area contributed by atoms with Crippen LogP contribution >= 0.6 is 0 Å². The van der Waals surface area contributed by atoms with E-state index < -0.39 is 0 Å². The molecule has 2 aliphatic heterocycles. The SMILES string of the molecule is CC1(c2nc(N3CCCC(N)C3)n[nH]2)CCCO1. The molecule has 1 aromatic heterocycles. The van der Waals surface area contributed by atoms with E-state index in [4.69, 9.17) is 10.5 Å². The van der Waals surface area contributed by atoms with Gasteiger partial charge in [-0.05, 0) is 32.6 Å². The fourth-order valence-corrected chi connectivity index (χ4v) is 2.79. The summed E-state index contributed by atoms with van der Waals surface area (Å²) < 4.78 is 5.77. The van der Waals surface area contributed by atoms with E-state index >= 15 is 0 Å². The monoisotopic (exact) mass is 251 g/mol. The van der Waals surface area contributed by atoms with E-state index in [1.165, 1.54) is 0 Å². The smallest absolute Gasteiger partial charge is 0.244 e. The first kappa shape index (κ1) is 11.9. The summed E-state index contributed by atoms with van der Waals surface area (Å²) >= 11 is 0. The van der Waals surface area contributed by atoms with E-state index in [0.717, 1.165) is 57.2 Å². The lowest BCUT2D eigenvalue weighted by Crippen LogP contribution is -2.43. The van der Waals surface area contributed by atoms with Gasteiger partial charge in [0.2, 0.25) is 5.95 Å². The van der Waals surface area contributed by atoms with Crippen molar-refractivity contribution in [3.63, 3.8) is 0 Å². The number of ether oxygens (including phenoxy) is 1. The summed E-state index contributed by atoms with van der Waals surface area (Å²) in [6, 6.07) is 0.235. The summed E-state index contributed by atoms with van der Waals surface area (Å²) in [5.74, 6) is 1.60. The van der Waals surface area contributed by atoms with Crippen molar-refractivity contribution in [3.8, 4) is 0 Å². The molecule has 2 atom stereocenters. The summed E-state index contributed by atoms with van der Waals surface area (Å²) in [7, 11) is 0. The predicted molar refractivity (Wildman–Crippen MR) is 68.3 cm³/mol. The molecule has 0 spiro atoms. The average Bonchev–Trinajstić information content (AvgIpc) is 2.98. The molecular formula is C12H21N5O. The largest absolute Gasteiger partial charge is 0.367 e. The van der Waals surface area contributed by atoms with E-state index in [1.807, 2.05) is 0 Å². The van der Waals surface area contributed by atoms with Crippen molar-refractivity contribution in [1.29, 1.82) is 0 Å². The Labute approximate surface area is 107 Å². The van der Waals surface area contributed by atoms with Gasteiger partial charge in [0.25, 0.3) is 0 Å². The van der Waals surface area contributed by atoms with Gasteiger partial charge in [0.05, 0.1) is 0 Å². The quantitative estimate of drug-likeness (QED) is 0.811. The Bertz CT molecular complexity index is 412. The number of piperidine rings is 1. The highest BCUT2D eigenvalue weighted by molar-refractivity contribution is 5.31. The second kappa shape index (κ2) is 4.51. The minimum Gasteiger partial charge on any atom is -0.367 e. The summed E-state index contributed by atoms with van der Waals surface area (Å²) in [6.07, 6.45) is 4.29. The molecule has 0 amide bonds. The molecular weight excluding hydrogens is 230 g/mol. The van der Waals surface area contributed by atoms with Crippen LogP contribution in [0.15, 0.2) is 0 Å². The Morgan fingerprint density at radius 3 is 3.11 bits per heavy atom. The van der Waals surface area contributed by atoms with E-state index in [0.29, 0.717) is 0 Å². The first-order valence-corrected chi connectivity index (χ1v) is 6.75. The van der Waals surface area contributed by atoms with Crippen molar-refractivity contribution in [3.05, 3.63) is 5.82 Å². The second-order valence-electron chi connectivity index (χ2n) is 5.52. The van der Waals surface area contributed by atoms with E-state index in [9.17, 15) is 0 Å². The molecule has 2 unspecified atom stereocenters.